The molecule has 0 bridgehead atoms. The van der Waals surface area contributed by atoms with E-state index in [1.54, 1.807) is 6.07 Å². The highest BCUT2D eigenvalue weighted by molar-refractivity contribution is 6.31. The molecular weight excluding hydrogens is 263 g/mol. The summed E-state index contributed by atoms with van der Waals surface area (Å²) in [6.07, 6.45) is 8.41. The minimum absolute atomic E-state index is 0.223. The van der Waals surface area contributed by atoms with E-state index in [-0.39, 0.29) is 11.6 Å². The Labute approximate surface area is 119 Å². The lowest BCUT2D eigenvalue weighted by molar-refractivity contribution is -0.119. The molecule has 0 unspecified atom stereocenters. The molecule has 3 heteroatoms. The van der Waals surface area contributed by atoms with Gasteiger partial charge in [0.25, 0.3) is 0 Å². The molecule has 1 nitrogen and oxygen atoms in total. The van der Waals surface area contributed by atoms with Gasteiger partial charge in [0.15, 0.2) is 0 Å². The van der Waals surface area contributed by atoms with Crippen LogP contribution in [0.5, 0.6) is 0 Å². The summed E-state index contributed by atoms with van der Waals surface area (Å²) in [7, 11) is 0. The van der Waals surface area contributed by atoms with Crippen LogP contribution < -0.4 is 0 Å². The summed E-state index contributed by atoms with van der Waals surface area (Å²) in [5.41, 5.74) is 0.738. The second-order valence-electron chi connectivity index (χ2n) is 5.51. The number of hydrogen-bond acceptors (Lipinski definition) is 1. The predicted molar refractivity (Wildman–Crippen MR) is 75.9 cm³/mol. The van der Waals surface area contributed by atoms with E-state index in [4.69, 9.17) is 11.6 Å². The molecule has 0 saturated heterocycles. The van der Waals surface area contributed by atoms with Crippen LogP contribution in [0.4, 0.5) is 4.39 Å². The lowest BCUT2D eigenvalue weighted by Gasteiger charge is -2.13. The molecule has 1 aromatic rings. The van der Waals surface area contributed by atoms with Gasteiger partial charge in [-0.05, 0) is 23.6 Å². The first kappa shape index (κ1) is 14.5. The topological polar surface area (TPSA) is 17.1 Å². The molecule has 0 atom stereocenters. The van der Waals surface area contributed by atoms with Crippen LogP contribution in [0.15, 0.2) is 18.2 Å². The van der Waals surface area contributed by atoms with Gasteiger partial charge in [-0.1, -0.05) is 56.2 Å². The zero-order chi connectivity index (χ0) is 13.7. The zero-order valence-electron chi connectivity index (χ0n) is 11.1. The van der Waals surface area contributed by atoms with Crippen LogP contribution in [-0.4, -0.2) is 5.78 Å². The standard InChI is InChI=1S/C16H20ClFO/c17-16-11-14(18)8-7-13(16)10-15(19)9-12-5-3-1-2-4-6-12/h7-8,11-12H,1-6,9-10H2. The largest absolute Gasteiger partial charge is 0.299 e. The van der Waals surface area contributed by atoms with Crippen molar-refractivity contribution in [1.29, 1.82) is 0 Å². The van der Waals surface area contributed by atoms with Crippen molar-refractivity contribution in [2.45, 2.75) is 51.4 Å². The predicted octanol–water partition coefficient (Wildman–Crippen LogP) is 4.95. The molecule has 19 heavy (non-hydrogen) atoms. The summed E-state index contributed by atoms with van der Waals surface area (Å²) in [6, 6.07) is 4.25. The van der Waals surface area contributed by atoms with Crippen molar-refractivity contribution >= 4 is 17.4 Å². The number of hydrogen-bond donors (Lipinski definition) is 0. The Morgan fingerprint density at radius 2 is 1.89 bits per heavy atom. The molecule has 1 fully saturated rings. The third kappa shape index (κ3) is 4.61. The van der Waals surface area contributed by atoms with E-state index in [1.165, 1.54) is 50.7 Å². The van der Waals surface area contributed by atoms with Gasteiger partial charge >= 0.3 is 0 Å². The Kier molecular flexibility index (Phi) is 5.38. The van der Waals surface area contributed by atoms with Crippen LogP contribution in [0.1, 0.15) is 50.5 Å². The van der Waals surface area contributed by atoms with Crippen LogP contribution in [0, 0.1) is 11.7 Å². The van der Waals surface area contributed by atoms with Gasteiger partial charge in [-0.2, -0.15) is 0 Å². The summed E-state index contributed by atoms with van der Waals surface area (Å²) in [5, 5.41) is 0.356. The van der Waals surface area contributed by atoms with Crippen molar-refractivity contribution in [3.05, 3.63) is 34.6 Å². The zero-order valence-corrected chi connectivity index (χ0v) is 11.9. The van der Waals surface area contributed by atoms with E-state index < -0.39 is 0 Å². The van der Waals surface area contributed by atoms with E-state index in [2.05, 4.69) is 0 Å². The molecule has 1 saturated carbocycles. The molecule has 1 aliphatic carbocycles. The summed E-state index contributed by atoms with van der Waals surface area (Å²) >= 11 is 5.95. The second-order valence-corrected chi connectivity index (χ2v) is 5.92. The van der Waals surface area contributed by atoms with Gasteiger partial charge in [0.05, 0.1) is 0 Å². The highest BCUT2D eigenvalue weighted by Gasteiger charge is 2.17. The third-order valence-corrected chi connectivity index (χ3v) is 4.25. The van der Waals surface area contributed by atoms with Crippen molar-refractivity contribution in [3.8, 4) is 0 Å². The maximum absolute atomic E-state index is 12.9. The lowest BCUT2D eigenvalue weighted by Crippen LogP contribution is -2.10. The van der Waals surface area contributed by atoms with E-state index >= 15 is 0 Å². The molecule has 0 spiro atoms. The van der Waals surface area contributed by atoms with Crippen molar-refractivity contribution in [2.75, 3.05) is 0 Å². The van der Waals surface area contributed by atoms with E-state index in [9.17, 15) is 9.18 Å². The average molecular weight is 283 g/mol. The fourth-order valence-electron chi connectivity index (χ4n) is 2.84. The molecule has 1 aromatic carbocycles. The Balaban J connectivity index is 1.89. The quantitative estimate of drug-likeness (QED) is 0.714. The van der Waals surface area contributed by atoms with Gasteiger partial charge in [0.1, 0.15) is 11.6 Å². The smallest absolute Gasteiger partial charge is 0.137 e. The van der Waals surface area contributed by atoms with Crippen molar-refractivity contribution in [1.82, 2.24) is 0 Å². The maximum atomic E-state index is 12.9. The summed E-state index contributed by atoms with van der Waals surface area (Å²) < 4.78 is 12.9. The number of Topliss-reactive ketones (excluding diaryl/α,β-unsaturated/α-hetero) is 1. The highest BCUT2D eigenvalue weighted by atomic mass is 35.5. The fraction of sp³-hybridized carbons (Fsp3) is 0.562. The number of carbonyl (C=O) groups excluding carboxylic acids is 1. The molecule has 0 N–H and O–H groups in total. The molecular formula is C16H20ClFO. The van der Waals surface area contributed by atoms with Crippen LogP contribution in [-0.2, 0) is 11.2 Å². The molecule has 0 radical (unpaired) electrons. The third-order valence-electron chi connectivity index (χ3n) is 3.89. The molecule has 0 heterocycles. The van der Waals surface area contributed by atoms with Crippen molar-refractivity contribution < 1.29 is 9.18 Å². The second kappa shape index (κ2) is 7.04. The molecule has 0 aromatic heterocycles. The molecule has 104 valence electrons. The number of benzene rings is 1. The van der Waals surface area contributed by atoms with Crippen LogP contribution in [0.25, 0.3) is 0 Å². The number of rotatable bonds is 4. The number of halogens is 2. The Bertz CT molecular complexity index is 436. The maximum Gasteiger partial charge on any atom is 0.137 e. The molecule has 2 rings (SSSR count). The summed E-state index contributed by atoms with van der Waals surface area (Å²) in [6.45, 7) is 0. The summed E-state index contributed by atoms with van der Waals surface area (Å²) in [5.74, 6) is 0.402. The van der Waals surface area contributed by atoms with Gasteiger partial charge in [0.2, 0.25) is 0 Å². The first-order valence-electron chi connectivity index (χ1n) is 7.11. The van der Waals surface area contributed by atoms with Gasteiger partial charge < -0.3 is 0 Å². The van der Waals surface area contributed by atoms with E-state index in [1.807, 2.05) is 0 Å². The lowest BCUT2D eigenvalue weighted by atomic mass is 9.92. The SMILES string of the molecule is O=C(Cc1ccc(F)cc1Cl)CC1CCCCCC1. The van der Waals surface area contributed by atoms with Crippen LogP contribution in [0.2, 0.25) is 5.02 Å². The molecule has 0 aliphatic heterocycles. The van der Waals surface area contributed by atoms with E-state index in [0.29, 0.717) is 23.8 Å². The van der Waals surface area contributed by atoms with Crippen LogP contribution >= 0.6 is 11.6 Å². The Morgan fingerprint density at radius 1 is 1.21 bits per heavy atom. The monoisotopic (exact) mass is 282 g/mol. The Hall–Kier alpha value is -0.890. The number of carbonyl (C=O) groups is 1. The van der Waals surface area contributed by atoms with Crippen molar-refractivity contribution in [2.24, 2.45) is 5.92 Å². The van der Waals surface area contributed by atoms with Gasteiger partial charge in [-0.3, -0.25) is 4.79 Å². The van der Waals surface area contributed by atoms with Gasteiger partial charge in [-0.15, -0.1) is 0 Å². The fourth-order valence-corrected chi connectivity index (χ4v) is 3.07. The first-order valence-corrected chi connectivity index (χ1v) is 7.48. The summed E-state index contributed by atoms with van der Waals surface area (Å²) in [4.78, 5) is 12.1. The van der Waals surface area contributed by atoms with Gasteiger partial charge in [-0.25, -0.2) is 4.39 Å². The Morgan fingerprint density at radius 3 is 2.53 bits per heavy atom. The van der Waals surface area contributed by atoms with E-state index in [0.717, 1.165) is 5.56 Å². The minimum atomic E-state index is -0.357. The minimum Gasteiger partial charge on any atom is -0.299 e. The first-order chi connectivity index (χ1) is 9.15. The van der Waals surface area contributed by atoms with Crippen molar-refractivity contribution in [3.63, 3.8) is 0 Å². The average Bonchev–Trinajstić information content (AvgIpc) is 2.61. The van der Waals surface area contributed by atoms with Crippen LogP contribution in [0.3, 0.4) is 0 Å². The van der Waals surface area contributed by atoms with Gasteiger partial charge in [0, 0.05) is 17.9 Å². The molecule has 0 amide bonds. The highest BCUT2D eigenvalue weighted by Crippen LogP contribution is 2.26. The normalized spacial score (nSPS) is 17.2. The number of ketones is 1. The molecule has 1 aliphatic rings.